The summed E-state index contributed by atoms with van der Waals surface area (Å²) in [5.41, 5.74) is 4.58. The first-order valence-electron chi connectivity index (χ1n) is 11.6. The van der Waals surface area contributed by atoms with Gasteiger partial charge in [-0.05, 0) is 48.1 Å². The normalized spacial score (nSPS) is 15.7. The number of morpholine rings is 1. The van der Waals surface area contributed by atoms with E-state index in [-0.39, 0.29) is 23.1 Å². The molecule has 0 spiro atoms. The average molecular weight is 449 g/mol. The molecule has 0 aliphatic carbocycles. The van der Waals surface area contributed by atoms with Gasteiger partial charge in [-0.25, -0.2) is 0 Å². The molecule has 1 fully saturated rings. The molecule has 1 aliphatic rings. The van der Waals surface area contributed by atoms with Crippen molar-refractivity contribution in [2.75, 3.05) is 32.8 Å². The molecule has 1 amide bonds. The van der Waals surface area contributed by atoms with Crippen LogP contribution in [0.15, 0.2) is 51.7 Å². The largest absolute Gasteiger partial charge is 0.450 e. The second kappa shape index (κ2) is 9.89. The first-order chi connectivity index (χ1) is 15.8. The summed E-state index contributed by atoms with van der Waals surface area (Å²) in [6.07, 6.45) is 0. The topological polar surface area (TPSA) is 71.8 Å². The molecular formula is C27H32N2O4. The van der Waals surface area contributed by atoms with Gasteiger partial charge in [0.15, 0.2) is 11.2 Å². The maximum atomic E-state index is 13.0. The highest BCUT2D eigenvalue weighted by Gasteiger charge is 2.24. The Morgan fingerprint density at radius 3 is 2.36 bits per heavy atom. The van der Waals surface area contributed by atoms with Crippen LogP contribution in [0.2, 0.25) is 0 Å². The van der Waals surface area contributed by atoms with Crippen LogP contribution in [0.4, 0.5) is 0 Å². The summed E-state index contributed by atoms with van der Waals surface area (Å²) < 4.78 is 11.4. The third kappa shape index (κ3) is 5.02. The molecule has 1 N–H and O–H groups in total. The minimum Gasteiger partial charge on any atom is -0.450 e. The first kappa shape index (κ1) is 23.2. The van der Waals surface area contributed by atoms with Gasteiger partial charge in [0.25, 0.3) is 5.91 Å². The maximum absolute atomic E-state index is 13.0. The van der Waals surface area contributed by atoms with Crippen LogP contribution in [0.1, 0.15) is 58.6 Å². The van der Waals surface area contributed by atoms with Gasteiger partial charge in [-0.15, -0.1) is 0 Å². The fourth-order valence-electron chi connectivity index (χ4n) is 4.29. The van der Waals surface area contributed by atoms with E-state index < -0.39 is 0 Å². The number of fused-ring (bicyclic) bond motifs is 1. The van der Waals surface area contributed by atoms with Gasteiger partial charge in [-0.3, -0.25) is 14.5 Å². The van der Waals surface area contributed by atoms with Crippen molar-refractivity contribution in [3.8, 4) is 0 Å². The van der Waals surface area contributed by atoms with Gasteiger partial charge in [-0.1, -0.05) is 44.2 Å². The van der Waals surface area contributed by atoms with Crippen molar-refractivity contribution in [1.29, 1.82) is 0 Å². The van der Waals surface area contributed by atoms with Crippen LogP contribution in [0, 0.1) is 13.8 Å². The standard InChI is InChI=1S/C27H32N2O4/c1-17(2)20-6-8-21(9-7-20)23(29-11-13-32-14-12-29)16-28-27(31)25-15-24(30)22-10-5-18(3)19(4)26(22)33-25/h5-10,15,17,23H,11-14,16H2,1-4H3,(H,28,31). The van der Waals surface area contributed by atoms with E-state index in [1.165, 1.54) is 11.6 Å². The second-order valence-electron chi connectivity index (χ2n) is 9.05. The van der Waals surface area contributed by atoms with Crippen LogP contribution in [0.5, 0.6) is 0 Å². The number of carbonyl (C=O) groups is 1. The van der Waals surface area contributed by atoms with E-state index in [4.69, 9.17) is 9.15 Å². The molecule has 2 aromatic carbocycles. The molecule has 1 unspecified atom stereocenters. The maximum Gasteiger partial charge on any atom is 0.287 e. The zero-order chi connectivity index (χ0) is 23.5. The van der Waals surface area contributed by atoms with Crippen molar-refractivity contribution in [2.45, 2.75) is 39.7 Å². The number of nitrogens with zero attached hydrogens (tertiary/aromatic N) is 1. The molecule has 0 bridgehead atoms. The molecule has 33 heavy (non-hydrogen) atoms. The number of carbonyl (C=O) groups excluding carboxylic acids is 1. The molecule has 1 saturated heterocycles. The molecule has 174 valence electrons. The summed E-state index contributed by atoms with van der Waals surface area (Å²) in [6, 6.07) is 13.5. The fourth-order valence-corrected chi connectivity index (χ4v) is 4.29. The number of benzene rings is 2. The predicted octanol–water partition coefficient (Wildman–Crippen LogP) is 4.34. The van der Waals surface area contributed by atoms with Gasteiger partial charge in [0.05, 0.1) is 24.6 Å². The minimum absolute atomic E-state index is 0.00946. The first-order valence-corrected chi connectivity index (χ1v) is 11.6. The summed E-state index contributed by atoms with van der Waals surface area (Å²) in [5.74, 6) is 0.118. The summed E-state index contributed by atoms with van der Waals surface area (Å²) >= 11 is 0. The lowest BCUT2D eigenvalue weighted by Gasteiger charge is -2.35. The zero-order valence-corrected chi connectivity index (χ0v) is 19.8. The molecular weight excluding hydrogens is 416 g/mol. The third-order valence-electron chi connectivity index (χ3n) is 6.57. The van der Waals surface area contributed by atoms with Crippen molar-refractivity contribution in [2.24, 2.45) is 0 Å². The average Bonchev–Trinajstić information content (AvgIpc) is 2.82. The Morgan fingerprint density at radius 1 is 1.03 bits per heavy atom. The van der Waals surface area contributed by atoms with E-state index in [2.05, 4.69) is 48.3 Å². The zero-order valence-electron chi connectivity index (χ0n) is 19.8. The fraction of sp³-hybridized carbons (Fsp3) is 0.407. The Morgan fingerprint density at radius 2 is 1.70 bits per heavy atom. The van der Waals surface area contributed by atoms with E-state index in [9.17, 15) is 9.59 Å². The number of aryl methyl sites for hydroxylation is 2. The van der Waals surface area contributed by atoms with E-state index in [0.717, 1.165) is 29.8 Å². The highest BCUT2D eigenvalue weighted by Crippen LogP contribution is 2.25. The number of hydrogen-bond donors (Lipinski definition) is 1. The van der Waals surface area contributed by atoms with Crippen LogP contribution in [0.25, 0.3) is 11.0 Å². The summed E-state index contributed by atoms with van der Waals surface area (Å²) in [5, 5.41) is 3.50. The highest BCUT2D eigenvalue weighted by molar-refractivity contribution is 5.93. The van der Waals surface area contributed by atoms with E-state index >= 15 is 0 Å². The van der Waals surface area contributed by atoms with Crippen molar-refractivity contribution in [3.05, 3.63) is 80.7 Å². The minimum atomic E-state index is -0.382. The Balaban J connectivity index is 1.57. The Hall–Kier alpha value is -2.96. The lowest BCUT2D eigenvalue weighted by molar-refractivity contribution is 0.0161. The molecule has 0 saturated carbocycles. The van der Waals surface area contributed by atoms with Crippen LogP contribution in [0.3, 0.4) is 0 Å². The van der Waals surface area contributed by atoms with Crippen LogP contribution < -0.4 is 10.7 Å². The highest BCUT2D eigenvalue weighted by atomic mass is 16.5. The molecule has 0 radical (unpaired) electrons. The van der Waals surface area contributed by atoms with Crippen LogP contribution in [-0.4, -0.2) is 43.7 Å². The second-order valence-corrected chi connectivity index (χ2v) is 9.05. The smallest absolute Gasteiger partial charge is 0.287 e. The molecule has 6 nitrogen and oxygen atoms in total. The van der Waals surface area contributed by atoms with E-state index in [0.29, 0.717) is 36.6 Å². The van der Waals surface area contributed by atoms with Crippen molar-refractivity contribution in [1.82, 2.24) is 10.2 Å². The van der Waals surface area contributed by atoms with Crippen LogP contribution >= 0.6 is 0 Å². The molecule has 4 rings (SSSR count). The van der Waals surface area contributed by atoms with Crippen LogP contribution in [-0.2, 0) is 4.74 Å². The number of nitrogens with one attached hydrogen (secondary N) is 1. The van der Waals surface area contributed by atoms with E-state index in [1.54, 1.807) is 6.07 Å². The summed E-state index contributed by atoms with van der Waals surface area (Å²) in [7, 11) is 0. The Bertz CT molecular complexity index is 1190. The predicted molar refractivity (Wildman–Crippen MR) is 130 cm³/mol. The molecule has 1 atom stereocenters. The number of rotatable bonds is 6. The summed E-state index contributed by atoms with van der Waals surface area (Å²) in [6.45, 7) is 11.6. The van der Waals surface area contributed by atoms with Gasteiger partial charge in [-0.2, -0.15) is 0 Å². The quantitative estimate of drug-likeness (QED) is 0.608. The van der Waals surface area contributed by atoms with Gasteiger partial charge >= 0.3 is 0 Å². The number of amides is 1. The number of hydrogen-bond acceptors (Lipinski definition) is 5. The summed E-state index contributed by atoms with van der Waals surface area (Å²) in [4.78, 5) is 27.9. The third-order valence-corrected chi connectivity index (χ3v) is 6.57. The van der Waals surface area contributed by atoms with Gasteiger partial charge in [0.1, 0.15) is 5.58 Å². The molecule has 2 heterocycles. The van der Waals surface area contributed by atoms with Crippen molar-refractivity contribution in [3.63, 3.8) is 0 Å². The molecule has 1 aromatic heterocycles. The van der Waals surface area contributed by atoms with Crippen molar-refractivity contribution < 1.29 is 13.9 Å². The monoisotopic (exact) mass is 448 g/mol. The number of ether oxygens (including phenoxy) is 1. The van der Waals surface area contributed by atoms with Crippen molar-refractivity contribution >= 4 is 16.9 Å². The molecule has 3 aromatic rings. The Kier molecular flexibility index (Phi) is 6.96. The van der Waals surface area contributed by atoms with Gasteiger partial charge in [0.2, 0.25) is 0 Å². The SMILES string of the molecule is Cc1ccc2c(=O)cc(C(=O)NCC(c3ccc(C(C)C)cc3)N3CCOCC3)oc2c1C. The van der Waals surface area contributed by atoms with E-state index in [1.807, 2.05) is 19.9 Å². The Labute approximate surface area is 194 Å². The van der Waals surface area contributed by atoms with Gasteiger partial charge in [0, 0.05) is 25.7 Å². The lowest BCUT2D eigenvalue weighted by atomic mass is 9.98. The lowest BCUT2D eigenvalue weighted by Crippen LogP contribution is -2.43. The molecule has 1 aliphatic heterocycles. The molecule has 6 heteroatoms. The van der Waals surface area contributed by atoms with Gasteiger partial charge < -0.3 is 14.5 Å².